The van der Waals surface area contributed by atoms with Crippen molar-refractivity contribution in [2.75, 3.05) is 11.1 Å². The van der Waals surface area contributed by atoms with Gasteiger partial charge in [0, 0.05) is 10.0 Å². The van der Waals surface area contributed by atoms with Crippen LogP contribution in [0.15, 0.2) is 29.3 Å². The summed E-state index contributed by atoms with van der Waals surface area (Å²) in [5, 5.41) is 4.15. The number of nitrogens with one attached hydrogen (secondary N) is 2. The number of aromatic amines is 1. The van der Waals surface area contributed by atoms with Gasteiger partial charge in [-0.05, 0) is 24.6 Å². The van der Waals surface area contributed by atoms with Crippen LogP contribution in [0, 0.1) is 0 Å². The van der Waals surface area contributed by atoms with E-state index in [9.17, 15) is 4.79 Å². The highest BCUT2D eigenvalue weighted by atomic mass is 35.5. The Morgan fingerprint density at radius 2 is 2.16 bits per heavy atom. The maximum absolute atomic E-state index is 11.4. The number of aromatic nitrogens is 2. The normalized spacial score (nSPS) is 12.2. The van der Waals surface area contributed by atoms with Crippen LogP contribution in [-0.2, 0) is 0 Å². The highest BCUT2D eigenvalue weighted by Crippen LogP contribution is 2.28. The summed E-state index contributed by atoms with van der Waals surface area (Å²) >= 11 is 12.0. The van der Waals surface area contributed by atoms with Crippen LogP contribution >= 0.6 is 23.2 Å². The molecule has 1 heterocycles. The summed E-state index contributed by atoms with van der Waals surface area (Å²) in [5.74, 6) is 0.322. The largest absolute Gasteiger partial charge is 0.391 e. The van der Waals surface area contributed by atoms with E-state index in [0.717, 1.165) is 5.56 Å². The second kappa shape index (κ2) is 5.50. The lowest BCUT2D eigenvalue weighted by molar-refractivity contribution is 0.872. The van der Waals surface area contributed by atoms with Crippen molar-refractivity contribution in [3.63, 3.8) is 0 Å². The van der Waals surface area contributed by atoms with E-state index in [0.29, 0.717) is 15.9 Å². The maximum Gasteiger partial charge on any atom is 0.276 e. The summed E-state index contributed by atoms with van der Waals surface area (Å²) in [6.45, 7) is 1.89. The molecule has 1 atom stereocenters. The van der Waals surface area contributed by atoms with Crippen molar-refractivity contribution in [3.8, 4) is 0 Å². The number of nitrogens with two attached hydrogens (primary N) is 1. The van der Waals surface area contributed by atoms with Crippen LogP contribution in [0.1, 0.15) is 18.5 Å². The van der Waals surface area contributed by atoms with Gasteiger partial charge in [0.25, 0.3) is 5.56 Å². The smallest absolute Gasteiger partial charge is 0.276 e. The predicted octanol–water partition coefficient (Wildman–Crippen LogP) is 2.83. The Morgan fingerprint density at radius 1 is 1.42 bits per heavy atom. The second-order valence-corrected chi connectivity index (χ2v) is 4.87. The van der Waals surface area contributed by atoms with Gasteiger partial charge in [0.15, 0.2) is 5.82 Å². The van der Waals surface area contributed by atoms with E-state index in [1.54, 1.807) is 12.1 Å². The molecule has 1 aromatic heterocycles. The first-order valence-corrected chi connectivity index (χ1v) is 6.29. The lowest BCUT2D eigenvalue weighted by Crippen LogP contribution is -2.18. The molecule has 0 bridgehead atoms. The number of hydrogen-bond acceptors (Lipinski definition) is 4. The fraction of sp³-hybridized carbons (Fsp3) is 0.167. The van der Waals surface area contributed by atoms with Crippen LogP contribution in [0.3, 0.4) is 0 Å². The van der Waals surface area contributed by atoms with Crippen LogP contribution in [0.5, 0.6) is 0 Å². The van der Waals surface area contributed by atoms with Gasteiger partial charge in [0.1, 0.15) is 5.69 Å². The predicted molar refractivity (Wildman–Crippen MR) is 77.8 cm³/mol. The number of hydrogen-bond donors (Lipinski definition) is 3. The molecule has 0 radical (unpaired) electrons. The molecule has 0 spiro atoms. The van der Waals surface area contributed by atoms with E-state index in [1.165, 1.54) is 6.33 Å². The first kappa shape index (κ1) is 13.7. The molecule has 7 heteroatoms. The molecule has 0 saturated heterocycles. The molecule has 100 valence electrons. The Balaban J connectivity index is 2.28. The molecular formula is C12H12Cl2N4O. The van der Waals surface area contributed by atoms with Crippen LogP contribution in [0.2, 0.25) is 10.0 Å². The third-order valence-electron chi connectivity index (χ3n) is 2.67. The molecule has 0 aliphatic carbocycles. The number of nitrogen functional groups attached to an aromatic ring is 1. The molecule has 2 rings (SSSR count). The van der Waals surface area contributed by atoms with E-state index >= 15 is 0 Å². The summed E-state index contributed by atoms with van der Waals surface area (Å²) in [4.78, 5) is 17.8. The highest BCUT2D eigenvalue weighted by molar-refractivity contribution is 6.35. The fourth-order valence-electron chi connectivity index (χ4n) is 1.66. The van der Waals surface area contributed by atoms with Gasteiger partial charge in [-0.2, -0.15) is 0 Å². The number of H-pyrrole nitrogens is 1. The zero-order valence-electron chi connectivity index (χ0n) is 10.1. The quantitative estimate of drug-likeness (QED) is 0.813. The minimum atomic E-state index is -0.382. The number of halogens is 2. The lowest BCUT2D eigenvalue weighted by atomic mass is 10.1. The summed E-state index contributed by atoms with van der Waals surface area (Å²) in [5.41, 5.74) is 6.15. The monoisotopic (exact) mass is 298 g/mol. The van der Waals surface area contributed by atoms with Crippen molar-refractivity contribution in [1.82, 2.24) is 9.97 Å². The number of benzene rings is 1. The fourth-order valence-corrected chi connectivity index (χ4v) is 2.23. The Kier molecular flexibility index (Phi) is 3.97. The molecule has 0 saturated carbocycles. The van der Waals surface area contributed by atoms with Crippen LogP contribution < -0.4 is 16.6 Å². The van der Waals surface area contributed by atoms with Crippen LogP contribution in [-0.4, -0.2) is 9.97 Å². The zero-order valence-corrected chi connectivity index (χ0v) is 11.6. The second-order valence-electron chi connectivity index (χ2n) is 4.03. The van der Waals surface area contributed by atoms with Gasteiger partial charge in [0.2, 0.25) is 0 Å². The van der Waals surface area contributed by atoms with Gasteiger partial charge < -0.3 is 16.0 Å². The van der Waals surface area contributed by atoms with E-state index in [-0.39, 0.29) is 17.3 Å². The van der Waals surface area contributed by atoms with E-state index in [1.807, 2.05) is 13.0 Å². The minimum Gasteiger partial charge on any atom is -0.391 e. The molecule has 0 fully saturated rings. The van der Waals surface area contributed by atoms with Gasteiger partial charge >= 0.3 is 0 Å². The van der Waals surface area contributed by atoms with Crippen molar-refractivity contribution in [2.24, 2.45) is 0 Å². The van der Waals surface area contributed by atoms with Gasteiger partial charge in [-0.3, -0.25) is 4.79 Å². The summed E-state index contributed by atoms with van der Waals surface area (Å²) < 4.78 is 0. The molecule has 0 aliphatic heterocycles. The Morgan fingerprint density at radius 3 is 2.84 bits per heavy atom. The zero-order chi connectivity index (χ0) is 14.0. The molecular weight excluding hydrogens is 287 g/mol. The summed E-state index contributed by atoms with van der Waals surface area (Å²) in [6, 6.07) is 5.05. The summed E-state index contributed by atoms with van der Waals surface area (Å²) in [6.07, 6.45) is 1.29. The Bertz CT molecular complexity index is 656. The van der Waals surface area contributed by atoms with Crippen molar-refractivity contribution < 1.29 is 0 Å². The van der Waals surface area contributed by atoms with E-state index in [4.69, 9.17) is 28.9 Å². The molecule has 0 amide bonds. The van der Waals surface area contributed by atoms with Crippen molar-refractivity contribution in [1.29, 1.82) is 0 Å². The topological polar surface area (TPSA) is 83.8 Å². The minimum absolute atomic E-state index is 0.0411. The first-order chi connectivity index (χ1) is 8.99. The van der Waals surface area contributed by atoms with Gasteiger partial charge in [-0.1, -0.05) is 29.3 Å². The van der Waals surface area contributed by atoms with Crippen LogP contribution in [0.25, 0.3) is 0 Å². The molecule has 1 aromatic carbocycles. The van der Waals surface area contributed by atoms with Gasteiger partial charge in [-0.25, -0.2) is 4.98 Å². The molecule has 1 unspecified atom stereocenters. The van der Waals surface area contributed by atoms with Crippen LogP contribution in [0.4, 0.5) is 11.5 Å². The number of nitrogens with zero attached hydrogens (tertiary/aromatic N) is 1. The van der Waals surface area contributed by atoms with Gasteiger partial charge in [0.05, 0.1) is 12.4 Å². The summed E-state index contributed by atoms with van der Waals surface area (Å²) in [7, 11) is 0. The molecule has 0 aliphatic rings. The SMILES string of the molecule is CC(Nc1nc[nH]c(=O)c1N)c1ccc(Cl)cc1Cl. The van der Waals surface area contributed by atoms with E-state index < -0.39 is 0 Å². The third kappa shape index (κ3) is 3.00. The molecule has 19 heavy (non-hydrogen) atoms. The number of rotatable bonds is 3. The third-order valence-corrected chi connectivity index (χ3v) is 3.23. The molecule has 4 N–H and O–H groups in total. The van der Waals surface area contributed by atoms with Crippen molar-refractivity contribution in [3.05, 3.63) is 50.5 Å². The highest BCUT2D eigenvalue weighted by Gasteiger charge is 2.13. The standard InChI is InChI=1S/C12H12Cl2N4O/c1-6(8-3-2-7(13)4-9(8)14)18-11-10(15)12(19)17-5-16-11/h2-6H,15H2,1H3,(H2,16,17,18,19). The molecule has 2 aromatic rings. The average molecular weight is 299 g/mol. The maximum atomic E-state index is 11.4. The Hall–Kier alpha value is -1.72. The average Bonchev–Trinajstić information content (AvgIpc) is 2.34. The van der Waals surface area contributed by atoms with Gasteiger partial charge in [-0.15, -0.1) is 0 Å². The van der Waals surface area contributed by atoms with E-state index in [2.05, 4.69) is 15.3 Å². The first-order valence-electron chi connectivity index (χ1n) is 5.53. The lowest BCUT2D eigenvalue weighted by Gasteiger charge is -2.17. The van der Waals surface area contributed by atoms with Crippen molar-refractivity contribution in [2.45, 2.75) is 13.0 Å². The van der Waals surface area contributed by atoms with Crippen molar-refractivity contribution >= 4 is 34.7 Å². The Labute approximate surface area is 119 Å². The molecule has 5 nitrogen and oxygen atoms in total. The number of anilines is 2.